The Labute approximate surface area is 220 Å². The predicted molar refractivity (Wildman–Crippen MR) is 144 cm³/mol. The quantitative estimate of drug-likeness (QED) is 0.253. The average molecular weight is 518 g/mol. The van der Waals surface area contributed by atoms with Crippen molar-refractivity contribution >= 4 is 29.3 Å². The number of carboxylic acids is 1. The van der Waals surface area contributed by atoms with E-state index in [-0.39, 0.29) is 12.3 Å². The fourth-order valence-electron chi connectivity index (χ4n) is 4.30. The molecule has 0 saturated carbocycles. The molecule has 0 spiro atoms. The summed E-state index contributed by atoms with van der Waals surface area (Å²) in [6.45, 7) is 6.21. The number of aliphatic carboxylic acids is 1. The first kappa shape index (κ1) is 26.0. The first-order valence-electron chi connectivity index (χ1n) is 11.8. The number of carbonyl (C=O) groups excluding carboxylic acids is 1. The molecule has 0 radical (unpaired) electrons. The van der Waals surface area contributed by atoms with Gasteiger partial charge in [-0.05, 0) is 55.7 Å². The van der Waals surface area contributed by atoms with Crippen LogP contribution in [0.2, 0.25) is 5.02 Å². The number of nitrogens with zero attached hydrogens (tertiary/aromatic N) is 1. The first-order valence-corrected chi connectivity index (χ1v) is 12.2. The Hall–Kier alpha value is -4.10. The second-order valence-corrected chi connectivity index (χ2v) is 9.51. The molecule has 7 nitrogen and oxygen atoms in total. The molecule has 8 heteroatoms. The maximum absolute atomic E-state index is 12.9. The zero-order chi connectivity index (χ0) is 26.5. The number of amides is 1. The van der Waals surface area contributed by atoms with Gasteiger partial charge in [0.1, 0.15) is 17.6 Å². The van der Waals surface area contributed by atoms with E-state index >= 15 is 0 Å². The van der Waals surface area contributed by atoms with Crippen LogP contribution in [0.15, 0.2) is 71.5 Å². The number of hydrogen-bond acceptors (Lipinski definition) is 5. The van der Waals surface area contributed by atoms with Crippen LogP contribution in [-0.4, -0.2) is 28.0 Å². The van der Waals surface area contributed by atoms with E-state index in [1.54, 1.807) is 24.6 Å². The summed E-state index contributed by atoms with van der Waals surface area (Å²) in [5.41, 5.74) is 5.81. The second-order valence-electron chi connectivity index (χ2n) is 9.07. The van der Waals surface area contributed by atoms with Crippen LogP contribution in [0.1, 0.15) is 38.2 Å². The molecule has 0 saturated heterocycles. The maximum atomic E-state index is 12.9. The molecule has 0 bridgehead atoms. The maximum Gasteiger partial charge on any atom is 0.326 e. The van der Waals surface area contributed by atoms with E-state index < -0.39 is 12.0 Å². The van der Waals surface area contributed by atoms with Gasteiger partial charge in [0.15, 0.2) is 0 Å². The Kier molecular flexibility index (Phi) is 7.94. The van der Waals surface area contributed by atoms with E-state index in [9.17, 15) is 14.7 Å². The van der Waals surface area contributed by atoms with E-state index in [4.69, 9.17) is 16.0 Å². The van der Waals surface area contributed by atoms with E-state index in [0.29, 0.717) is 28.7 Å². The number of hydrogen-bond donors (Lipinski definition) is 3. The Balaban J connectivity index is 1.39. The van der Waals surface area contributed by atoms with Crippen LogP contribution < -0.4 is 10.6 Å². The number of furan rings is 1. The number of rotatable bonds is 9. The number of anilines is 1. The lowest BCUT2D eigenvalue weighted by Gasteiger charge is -2.17. The highest BCUT2D eigenvalue weighted by atomic mass is 35.5. The van der Waals surface area contributed by atoms with Gasteiger partial charge in [-0.15, -0.1) is 0 Å². The third-order valence-corrected chi connectivity index (χ3v) is 6.26. The number of aryl methyl sites for hydroxylation is 3. The smallest absolute Gasteiger partial charge is 0.326 e. The van der Waals surface area contributed by atoms with Crippen molar-refractivity contribution < 1.29 is 19.1 Å². The largest absolute Gasteiger partial charge is 0.480 e. The average Bonchev–Trinajstić information content (AvgIpc) is 3.32. The Bertz CT molecular complexity index is 1390. The van der Waals surface area contributed by atoms with Gasteiger partial charge in [0.05, 0.1) is 11.3 Å². The van der Waals surface area contributed by atoms with Gasteiger partial charge < -0.3 is 20.2 Å². The fraction of sp³-hybridized carbons (Fsp3) is 0.207. The molecule has 190 valence electrons. The van der Waals surface area contributed by atoms with Gasteiger partial charge in [-0.1, -0.05) is 53.6 Å². The van der Waals surface area contributed by atoms with Crippen molar-refractivity contribution in [2.45, 2.75) is 39.8 Å². The molecule has 0 unspecified atom stereocenters. The zero-order valence-electron chi connectivity index (χ0n) is 20.8. The van der Waals surface area contributed by atoms with Gasteiger partial charge in [-0.2, -0.15) is 0 Å². The number of halogens is 1. The third-order valence-electron chi connectivity index (χ3n) is 6.04. The zero-order valence-corrected chi connectivity index (χ0v) is 21.6. The highest BCUT2D eigenvalue weighted by molar-refractivity contribution is 6.30. The van der Waals surface area contributed by atoms with Crippen molar-refractivity contribution in [1.82, 2.24) is 10.3 Å². The lowest BCUT2D eigenvalue weighted by atomic mass is 9.98. The SMILES string of the molecule is Cc1cc(C)c(C(=O)N[C@@H](Cc2ccc(-c3cc(CNc4ccc(Cl)cn4)co3)cc2)C(=O)O)c(C)c1. The first-order chi connectivity index (χ1) is 17.7. The summed E-state index contributed by atoms with van der Waals surface area (Å²) >= 11 is 5.86. The molecular weight excluding hydrogens is 490 g/mol. The highest BCUT2D eigenvalue weighted by Crippen LogP contribution is 2.24. The topological polar surface area (TPSA) is 104 Å². The van der Waals surface area contributed by atoms with Gasteiger partial charge in [-0.25, -0.2) is 9.78 Å². The number of nitrogens with one attached hydrogen (secondary N) is 2. The van der Waals surface area contributed by atoms with Crippen LogP contribution in [0.5, 0.6) is 0 Å². The molecule has 37 heavy (non-hydrogen) atoms. The lowest BCUT2D eigenvalue weighted by molar-refractivity contribution is -0.139. The predicted octanol–water partition coefficient (Wildman–Crippen LogP) is 5.96. The molecule has 2 heterocycles. The molecule has 0 aliphatic carbocycles. The Morgan fingerprint density at radius 2 is 1.70 bits per heavy atom. The highest BCUT2D eigenvalue weighted by Gasteiger charge is 2.23. The molecule has 4 rings (SSSR count). The molecule has 0 aliphatic rings. The lowest BCUT2D eigenvalue weighted by Crippen LogP contribution is -2.42. The van der Waals surface area contributed by atoms with Gasteiger partial charge in [-0.3, -0.25) is 4.79 Å². The summed E-state index contributed by atoms with van der Waals surface area (Å²) in [6.07, 6.45) is 3.42. The summed E-state index contributed by atoms with van der Waals surface area (Å²) in [5, 5.41) is 16.2. The van der Waals surface area contributed by atoms with E-state index in [2.05, 4.69) is 15.6 Å². The molecule has 2 aromatic heterocycles. The van der Waals surface area contributed by atoms with Gasteiger partial charge in [0.2, 0.25) is 0 Å². The minimum Gasteiger partial charge on any atom is -0.480 e. The molecule has 2 aromatic carbocycles. The molecule has 4 aromatic rings. The van der Waals surface area contributed by atoms with Gasteiger partial charge in [0, 0.05) is 35.9 Å². The van der Waals surface area contributed by atoms with Crippen LogP contribution >= 0.6 is 11.6 Å². The molecule has 1 amide bonds. The van der Waals surface area contributed by atoms with Crippen molar-refractivity contribution in [2.24, 2.45) is 0 Å². The van der Waals surface area contributed by atoms with Crippen molar-refractivity contribution in [2.75, 3.05) is 5.32 Å². The van der Waals surface area contributed by atoms with Crippen molar-refractivity contribution in [3.8, 4) is 11.3 Å². The summed E-state index contributed by atoms with van der Waals surface area (Å²) in [6, 6.07) is 15.7. The van der Waals surface area contributed by atoms with Crippen LogP contribution in [0, 0.1) is 20.8 Å². The Morgan fingerprint density at radius 1 is 1.00 bits per heavy atom. The normalized spacial score (nSPS) is 11.7. The molecule has 3 N–H and O–H groups in total. The van der Waals surface area contributed by atoms with Crippen molar-refractivity contribution in [1.29, 1.82) is 0 Å². The van der Waals surface area contributed by atoms with Gasteiger partial charge in [0.25, 0.3) is 5.91 Å². The Morgan fingerprint density at radius 3 is 2.32 bits per heavy atom. The molecular formula is C29H28ClN3O4. The second kappa shape index (κ2) is 11.3. The molecule has 0 aliphatic heterocycles. The molecule has 0 fully saturated rings. The van der Waals surface area contributed by atoms with E-state index in [0.717, 1.165) is 33.4 Å². The third kappa shape index (κ3) is 6.57. The minimum atomic E-state index is -1.09. The van der Waals surface area contributed by atoms with E-state index in [1.807, 2.05) is 63.2 Å². The summed E-state index contributed by atoms with van der Waals surface area (Å²) in [5.74, 6) is -0.0622. The number of benzene rings is 2. The van der Waals surface area contributed by atoms with Crippen LogP contribution in [0.25, 0.3) is 11.3 Å². The summed E-state index contributed by atoms with van der Waals surface area (Å²) in [7, 11) is 0. The van der Waals surface area contributed by atoms with Crippen LogP contribution in [0.4, 0.5) is 5.82 Å². The standard InChI is InChI=1S/C29H28ClN3O4/c1-17-10-18(2)27(19(3)11-17)28(34)33-24(29(35)36)12-20-4-6-22(7-5-20)25-13-21(16-37-25)14-31-26-9-8-23(30)15-32-26/h4-11,13,15-16,24H,12,14H2,1-3H3,(H,31,32)(H,33,34)(H,35,36)/t24-/m0/s1. The number of carboxylic acid groups (broad SMARTS) is 1. The number of pyridine rings is 1. The van der Waals surface area contributed by atoms with Crippen LogP contribution in [-0.2, 0) is 17.8 Å². The van der Waals surface area contributed by atoms with Gasteiger partial charge >= 0.3 is 5.97 Å². The summed E-state index contributed by atoms with van der Waals surface area (Å²) < 4.78 is 5.72. The van der Waals surface area contributed by atoms with Crippen LogP contribution in [0.3, 0.4) is 0 Å². The van der Waals surface area contributed by atoms with E-state index in [1.165, 1.54) is 0 Å². The summed E-state index contributed by atoms with van der Waals surface area (Å²) in [4.78, 5) is 29.0. The monoisotopic (exact) mass is 517 g/mol. The van der Waals surface area contributed by atoms with Crippen molar-refractivity contribution in [3.63, 3.8) is 0 Å². The number of aromatic nitrogens is 1. The fourth-order valence-corrected chi connectivity index (χ4v) is 4.41. The molecule has 1 atom stereocenters. The number of carbonyl (C=O) groups is 2. The van der Waals surface area contributed by atoms with Crippen molar-refractivity contribution in [3.05, 3.63) is 105 Å². The minimum absolute atomic E-state index is 0.159.